The second-order valence-electron chi connectivity index (χ2n) is 16.7. The molecule has 0 unspecified atom stereocenters. The van der Waals surface area contributed by atoms with E-state index in [9.17, 15) is 14.4 Å². The van der Waals surface area contributed by atoms with E-state index in [-0.39, 0.29) is 30.6 Å². The van der Waals surface area contributed by atoms with Gasteiger partial charge in [0.05, 0.1) is 49.2 Å². The number of hydrogen-bond acceptors (Lipinski definition) is 9. The predicted octanol–water partition coefficient (Wildman–Crippen LogP) is 7.03. The number of halogens is 2. The highest BCUT2D eigenvalue weighted by Gasteiger charge is 2.49. The summed E-state index contributed by atoms with van der Waals surface area (Å²) in [6, 6.07) is 17.1. The molecule has 0 bridgehead atoms. The van der Waals surface area contributed by atoms with Gasteiger partial charge in [0, 0.05) is 77.1 Å². The number of rotatable bonds is 11. The molecule has 2 amide bonds. The first-order valence-electron chi connectivity index (χ1n) is 19.5. The van der Waals surface area contributed by atoms with Crippen LogP contribution in [0.2, 0.25) is 10.0 Å². The Labute approximate surface area is 346 Å². The van der Waals surface area contributed by atoms with Gasteiger partial charge in [-0.25, -0.2) is 14.3 Å². The Morgan fingerprint density at radius 2 is 1.72 bits per heavy atom. The molecule has 2 N–H and O–H groups in total. The fourth-order valence-electron chi connectivity index (χ4n) is 8.10. The molecule has 3 aromatic heterocycles. The zero-order valence-electron chi connectivity index (χ0n) is 33.2. The molecule has 2 aliphatic heterocycles. The van der Waals surface area contributed by atoms with E-state index in [1.807, 2.05) is 81.6 Å². The van der Waals surface area contributed by atoms with Gasteiger partial charge in [-0.1, -0.05) is 59.6 Å². The monoisotopic (exact) mass is 827 g/mol. The average molecular weight is 829 g/mol. The van der Waals surface area contributed by atoms with Gasteiger partial charge in [-0.2, -0.15) is 5.10 Å². The number of fused-ring (bicyclic) bond motifs is 1. The first kappa shape index (κ1) is 39.9. The third kappa shape index (κ3) is 7.92. The van der Waals surface area contributed by atoms with Crippen LogP contribution in [0.25, 0.3) is 39.0 Å². The number of hydrogen-bond donors (Lipinski definition) is 2. The van der Waals surface area contributed by atoms with E-state index in [0.29, 0.717) is 86.1 Å². The highest BCUT2D eigenvalue weighted by Crippen LogP contribution is 2.47. The van der Waals surface area contributed by atoms with Gasteiger partial charge >= 0.3 is 6.09 Å². The molecule has 0 radical (unpaired) electrons. The number of benzene rings is 2. The fourth-order valence-corrected chi connectivity index (χ4v) is 8.76. The summed E-state index contributed by atoms with van der Waals surface area (Å²) in [7, 11) is 3.27. The Morgan fingerprint density at radius 1 is 1.03 bits per heavy atom. The lowest BCUT2D eigenvalue weighted by molar-refractivity contribution is -0.167. The van der Waals surface area contributed by atoms with Crippen molar-refractivity contribution in [3.05, 3.63) is 92.6 Å². The van der Waals surface area contributed by atoms with Gasteiger partial charge in [0.2, 0.25) is 11.8 Å². The van der Waals surface area contributed by atoms with Gasteiger partial charge in [-0.05, 0) is 58.2 Å². The van der Waals surface area contributed by atoms with E-state index in [1.165, 1.54) is 7.11 Å². The van der Waals surface area contributed by atoms with Crippen LogP contribution in [0.15, 0.2) is 65.6 Å². The Balaban J connectivity index is 1.05. The standard InChI is InChI=1S/C43H47Cl2N7O6/c1-42(2,3)58-41(55)51(22-27-13-15-36(53)47-27)20-25-12-14-33(48-39(25)56-5)32-11-7-10-31(38(32)45)30-9-6-8-29(37(30)44)26-16-34-40(54)50(4)35(49-52(34)21-26)19-46-28-17-43(18-28)23-57-24-43/h6-12,14,16,21,27-28,46H,13,15,17-20,22-24H2,1-5H3,(H,47,53)/t27-/m0/s1. The summed E-state index contributed by atoms with van der Waals surface area (Å²) in [6.45, 7) is 8.03. The van der Waals surface area contributed by atoms with Crippen LogP contribution in [-0.4, -0.2) is 80.6 Å². The van der Waals surface area contributed by atoms with Crippen LogP contribution in [0.3, 0.4) is 0 Å². The molecule has 13 nitrogen and oxygen atoms in total. The molecule has 1 aliphatic carbocycles. The molecule has 8 rings (SSSR count). The molecule has 2 saturated heterocycles. The van der Waals surface area contributed by atoms with Crippen LogP contribution in [0.1, 0.15) is 57.8 Å². The molecule has 304 valence electrons. The normalized spacial score (nSPS) is 17.6. The molecule has 1 spiro atoms. The van der Waals surface area contributed by atoms with Crippen molar-refractivity contribution in [3.63, 3.8) is 0 Å². The van der Waals surface area contributed by atoms with Crippen molar-refractivity contribution in [2.24, 2.45) is 12.5 Å². The summed E-state index contributed by atoms with van der Waals surface area (Å²) in [5.74, 6) is 0.932. The third-order valence-corrected chi connectivity index (χ3v) is 12.0. The van der Waals surface area contributed by atoms with E-state index >= 15 is 0 Å². The highest BCUT2D eigenvalue weighted by molar-refractivity contribution is 6.39. The van der Waals surface area contributed by atoms with Crippen LogP contribution >= 0.6 is 23.2 Å². The van der Waals surface area contributed by atoms with Crippen molar-refractivity contribution in [1.82, 2.24) is 34.7 Å². The number of amides is 2. The Kier molecular flexibility index (Phi) is 10.8. The van der Waals surface area contributed by atoms with Crippen molar-refractivity contribution in [3.8, 4) is 39.4 Å². The van der Waals surface area contributed by atoms with E-state index < -0.39 is 11.7 Å². The summed E-state index contributed by atoms with van der Waals surface area (Å²) in [6.07, 6.45) is 4.54. The lowest BCUT2D eigenvalue weighted by Crippen LogP contribution is -2.58. The Bertz CT molecular complexity index is 2460. The number of pyridine rings is 1. The maximum Gasteiger partial charge on any atom is 0.410 e. The average Bonchev–Trinajstić information content (AvgIpc) is 3.77. The quantitative estimate of drug-likeness (QED) is 0.144. The second-order valence-corrected chi connectivity index (χ2v) is 17.4. The maximum atomic E-state index is 13.5. The topological polar surface area (TPSA) is 141 Å². The number of ether oxygens (including phenoxy) is 3. The van der Waals surface area contributed by atoms with Crippen LogP contribution < -0.4 is 20.9 Å². The third-order valence-electron chi connectivity index (χ3n) is 11.2. The molecule has 15 heteroatoms. The highest BCUT2D eigenvalue weighted by atomic mass is 35.5. The Hall–Kier alpha value is -4.95. The summed E-state index contributed by atoms with van der Waals surface area (Å²) in [5, 5.41) is 12.2. The van der Waals surface area contributed by atoms with Crippen molar-refractivity contribution >= 4 is 40.7 Å². The van der Waals surface area contributed by atoms with E-state index in [2.05, 4.69) is 10.6 Å². The number of aromatic nitrogens is 4. The number of nitrogens with one attached hydrogen (secondary N) is 2. The number of nitrogens with zero attached hydrogens (tertiary/aromatic N) is 5. The van der Waals surface area contributed by atoms with E-state index in [4.69, 9.17) is 47.5 Å². The molecule has 3 aliphatic rings. The first-order chi connectivity index (χ1) is 27.7. The van der Waals surface area contributed by atoms with Crippen molar-refractivity contribution in [1.29, 1.82) is 0 Å². The minimum atomic E-state index is -0.705. The molecule has 58 heavy (non-hydrogen) atoms. The zero-order valence-corrected chi connectivity index (χ0v) is 34.7. The van der Waals surface area contributed by atoms with Crippen LogP contribution in [-0.2, 0) is 34.4 Å². The molecule has 2 aromatic carbocycles. The zero-order chi connectivity index (χ0) is 40.9. The summed E-state index contributed by atoms with van der Waals surface area (Å²) >= 11 is 14.4. The minimum absolute atomic E-state index is 0.0351. The molecular formula is C43H47Cl2N7O6. The van der Waals surface area contributed by atoms with Gasteiger partial charge in [0.1, 0.15) is 16.9 Å². The maximum absolute atomic E-state index is 13.5. The van der Waals surface area contributed by atoms with Crippen LogP contribution in [0.4, 0.5) is 4.79 Å². The van der Waals surface area contributed by atoms with Crippen molar-refractivity contribution in [2.75, 3.05) is 26.9 Å². The minimum Gasteiger partial charge on any atom is -0.481 e. The van der Waals surface area contributed by atoms with Gasteiger partial charge in [-0.15, -0.1) is 0 Å². The largest absolute Gasteiger partial charge is 0.481 e. The van der Waals surface area contributed by atoms with E-state index in [1.54, 1.807) is 21.0 Å². The van der Waals surface area contributed by atoms with Gasteiger partial charge in [-0.3, -0.25) is 14.2 Å². The molecule has 1 saturated carbocycles. The lowest BCUT2D eigenvalue weighted by Gasteiger charge is -2.53. The number of carbonyl (C=O) groups excluding carboxylic acids is 2. The van der Waals surface area contributed by atoms with Crippen molar-refractivity contribution in [2.45, 2.75) is 77.2 Å². The molecule has 5 heterocycles. The van der Waals surface area contributed by atoms with Gasteiger partial charge in [0.15, 0.2) is 0 Å². The number of methoxy groups -OCH3 is 1. The van der Waals surface area contributed by atoms with Gasteiger partial charge < -0.3 is 29.7 Å². The Morgan fingerprint density at radius 3 is 2.36 bits per heavy atom. The fraction of sp³-hybridized carbons (Fsp3) is 0.419. The van der Waals surface area contributed by atoms with Crippen molar-refractivity contribution < 1.29 is 23.8 Å². The smallest absolute Gasteiger partial charge is 0.410 e. The lowest BCUT2D eigenvalue weighted by atomic mass is 9.64. The predicted molar refractivity (Wildman–Crippen MR) is 222 cm³/mol. The summed E-state index contributed by atoms with van der Waals surface area (Å²) < 4.78 is 20.1. The summed E-state index contributed by atoms with van der Waals surface area (Å²) in [4.78, 5) is 45.1. The molecule has 5 aromatic rings. The molecule has 3 fully saturated rings. The van der Waals surface area contributed by atoms with E-state index in [0.717, 1.165) is 37.2 Å². The SMILES string of the molecule is COc1nc(-c2cccc(-c3cccc(-c4cc5c(=O)n(C)c(CNC6CC7(COC7)C6)nn5c4)c3Cl)c2Cl)ccc1CN(C[C@@H]1CCC(=O)N1)C(=O)OC(C)(C)C. The number of carbonyl (C=O) groups is 2. The molecular weight excluding hydrogens is 781 g/mol. The van der Waals surface area contributed by atoms with Crippen LogP contribution in [0, 0.1) is 5.41 Å². The van der Waals surface area contributed by atoms with Gasteiger partial charge in [0.25, 0.3) is 5.56 Å². The first-order valence-corrected chi connectivity index (χ1v) is 20.3. The second kappa shape index (κ2) is 15.7. The molecule has 1 atom stereocenters. The summed E-state index contributed by atoms with van der Waals surface area (Å²) in [5.41, 5.74) is 4.70. The van der Waals surface area contributed by atoms with Crippen LogP contribution in [0.5, 0.6) is 5.88 Å².